The molecule has 0 spiro atoms. The number of nitrogen functional groups attached to an aromatic ring is 1. The van der Waals surface area contributed by atoms with Crippen LogP contribution in [0.3, 0.4) is 0 Å². The third-order valence-corrected chi connectivity index (χ3v) is 7.05. The number of aromatic hydroxyl groups is 1. The molecule has 1 heterocycles. The molecule has 1 saturated carbocycles. The van der Waals surface area contributed by atoms with Crippen molar-refractivity contribution < 1.29 is 24.2 Å². The number of phenols is 1. The van der Waals surface area contributed by atoms with Crippen LogP contribution < -0.4 is 26.4 Å². The number of anilines is 2. The van der Waals surface area contributed by atoms with Crippen LogP contribution in [0.5, 0.6) is 11.5 Å². The Bertz CT molecular complexity index is 1290. The predicted molar refractivity (Wildman–Crippen MR) is 141 cm³/mol. The predicted octanol–water partition coefficient (Wildman–Crippen LogP) is 3.38. The Morgan fingerprint density at radius 1 is 1.19 bits per heavy atom. The van der Waals surface area contributed by atoms with Crippen molar-refractivity contribution in [1.82, 2.24) is 9.69 Å². The summed E-state index contributed by atoms with van der Waals surface area (Å²) >= 11 is 0.725. The van der Waals surface area contributed by atoms with Crippen molar-refractivity contribution in [2.45, 2.75) is 44.7 Å². The van der Waals surface area contributed by atoms with E-state index in [1.54, 1.807) is 36.4 Å². The van der Waals surface area contributed by atoms with Crippen molar-refractivity contribution in [3.05, 3.63) is 64.7 Å². The Morgan fingerprint density at radius 2 is 1.89 bits per heavy atom. The number of carbonyl (C=O) groups is 3. The summed E-state index contributed by atoms with van der Waals surface area (Å²) in [6, 6.07) is 11.8. The molecule has 0 aliphatic heterocycles. The first-order valence-electron chi connectivity index (χ1n) is 12.0. The summed E-state index contributed by atoms with van der Waals surface area (Å²) in [4.78, 5) is 40.8. The molecule has 3 amide bonds. The van der Waals surface area contributed by atoms with Gasteiger partial charge >= 0.3 is 0 Å². The number of phenolic OH excluding ortho intramolecular Hbond substituents is 1. The number of hydrogen-bond acceptors (Lipinski definition) is 8. The van der Waals surface area contributed by atoms with Gasteiger partial charge in [-0.15, -0.1) is 0 Å². The molecule has 1 fully saturated rings. The monoisotopic (exact) mass is 523 g/mol. The lowest BCUT2D eigenvalue weighted by atomic mass is 10.0. The molecule has 4 rings (SSSR count). The van der Waals surface area contributed by atoms with Crippen molar-refractivity contribution in [2.24, 2.45) is 5.73 Å². The van der Waals surface area contributed by atoms with Crippen LogP contribution in [0.25, 0.3) is 0 Å². The maximum atomic E-state index is 14.0. The van der Waals surface area contributed by atoms with Crippen molar-refractivity contribution in [2.75, 3.05) is 17.2 Å². The first-order chi connectivity index (χ1) is 17.8. The highest BCUT2D eigenvalue weighted by molar-refractivity contribution is 7.09. The van der Waals surface area contributed by atoms with Crippen molar-refractivity contribution in [3.8, 4) is 11.5 Å². The highest BCUT2D eigenvalue weighted by Crippen LogP contribution is 2.35. The van der Waals surface area contributed by atoms with Crippen molar-refractivity contribution >= 4 is 40.6 Å². The topological polar surface area (TPSA) is 161 Å². The Balaban J connectivity index is 1.84. The molecule has 0 bridgehead atoms. The molecule has 194 valence electrons. The minimum atomic E-state index is -1.12. The van der Waals surface area contributed by atoms with Gasteiger partial charge in [-0.05, 0) is 61.1 Å². The van der Waals surface area contributed by atoms with Gasteiger partial charge in [0, 0.05) is 17.8 Å². The average Bonchev–Trinajstić information content (AvgIpc) is 3.52. The van der Waals surface area contributed by atoms with Gasteiger partial charge in [0.1, 0.15) is 22.4 Å². The standard InChI is InChI=1S/C26H29N5O5S/c1-2-36-19-12-10-15(11-13-19)22(25(34)29-16-6-3-4-7-16)31(17-8-5-9-18(32)14-17)26(35)23-20(27)21(24(28)33)30-37-23/h5,8-14,16,22,32H,2-4,6-7,27H2,1H3,(H2,28,33)(H,29,34)/t22-/m1/s1. The number of ether oxygens (including phenoxy) is 1. The van der Waals surface area contributed by atoms with Crippen LogP contribution in [0, 0.1) is 0 Å². The smallest absolute Gasteiger partial charge is 0.273 e. The minimum Gasteiger partial charge on any atom is -0.508 e. The first kappa shape index (κ1) is 26.0. The van der Waals surface area contributed by atoms with E-state index in [-0.39, 0.29) is 39.6 Å². The number of nitrogens with two attached hydrogens (primary N) is 2. The van der Waals surface area contributed by atoms with Crippen molar-refractivity contribution in [1.29, 1.82) is 0 Å². The highest BCUT2D eigenvalue weighted by Gasteiger charge is 2.37. The number of primary amides is 1. The largest absolute Gasteiger partial charge is 0.508 e. The van der Waals surface area contributed by atoms with E-state index >= 15 is 0 Å². The SMILES string of the molecule is CCOc1ccc([C@H](C(=O)NC2CCCC2)N(C(=O)c2snc(C(N)=O)c2N)c2cccc(O)c2)cc1. The quantitative estimate of drug-likeness (QED) is 0.334. The zero-order chi connectivity index (χ0) is 26.5. The summed E-state index contributed by atoms with van der Waals surface area (Å²) in [5, 5.41) is 13.3. The molecule has 0 unspecified atom stereocenters. The summed E-state index contributed by atoms with van der Waals surface area (Å²) in [5.74, 6) is -1.38. The van der Waals surface area contributed by atoms with E-state index in [0.717, 1.165) is 37.2 Å². The third kappa shape index (κ3) is 5.67. The van der Waals surface area contributed by atoms with E-state index in [1.807, 2.05) is 6.92 Å². The zero-order valence-electron chi connectivity index (χ0n) is 20.3. The van der Waals surface area contributed by atoms with Gasteiger partial charge in [0.25, 0.3) is 11.8 Å². The minimum absolute atomic E-state index is 0.00577. The van der Waals surface area contributed by atoms with Gasteiger partial charge < -0.3 is 26.6 Å². The summed E-state index contributed by atoms with van der Waals surface area (Å²) < 4.78 is 9.50. The van der Waals surface area contributed by atoms with Gasteiger partial charge in [-0.25, -0.2) is 0 Å². The number of benzene rings is 2. The van der Waals surface area contributed by atoms with Crippen LogP contribution in [-0.4, -0.2) is 39.9 Å². The molecule has 1 aliphatic rings. The Labute approximate surface area is 218 Å². The molecule has 1 aliphatic carbocycles. The molecule has 1 atom stereocenters. The number of carbonyl (C=O) groups excluding carboxylic acids is 3. The molecular formula is C26H29N5O5S. The molecular weight excluding hydrogens is 494 g/mol. The Hall–Kier alpha value is -4.12. The fourth-order valence-corrected chi connectivity index (χ4v) is 5.19. The van der Waals surface area contributed by atoms with E-state index in [9.17, 15) is 19.5 Å². The van der Waals surface area contributed by atoms with Gasteiger partial charge in [-0.1, -0.05) is 31.0 Å². The molecule has 3 aromatic rings. The number of nitrogens with one attached hydrogen (secondary N) is 1. The highest BCUT2D eigenvalue weighted by atomic mass is 32.1. The van der Waals surface area contributed by atoms with Crippen LogP contribution in [-0.2, 0) is 4.79 Å². The lowest BCUT2D eigenvalue weighted by molar-refractivity contribution is -0.123. The van der Waals surface area contributed by atoms with Crippen LogP contribution in [0.1, 0.15) is 64.4 Å². The van der Waals surface area contributed by atoms with Crippen LogP contribution in [0.2, 0.25) is 0 Å². The Kier molecular flexibility index (Phi) is 7.92. The second kappa shape index (κ2) is 11.3. The van der Waals surface area contributed by atoms with Gasteiger partial charge in [-0.3, -0.25) is 19.3 Å². The fraction of sp³-hybridized carbons (Fsp3) is 0.308. The second-order valence-electron chi connectivity index (χ2n) is 8.73. The summed E-state index contributed by atoms with van der Waals surface area (Å²) in [6.45, 7) is 2.35. The first-order valence-corrected chi connectivity index (χ1v) is 12.8. The number of hydrogen-bond donors (Lipinski definition) is 4. The molecule has 6 N–H and O–H groups in total. The molecule has 0 radical (unpaired) electrons. The third-order valence-electron chi connectivity index (χ3n) is 6.20. The van der Waals surface area contributed by atoms with Crippen molar-refractivity contribution in [3.63, 3.8) is 0 Å². The number of nitrogens with zero attached hydrogens (tertiary/aromatic N) is 2. The van der Waals surface area contributed by atoms with Crippen LogP contribution >= 0.6 is 11.5 Å². The number of aromatic nitrogens is 1. The van der Waals surface area contributed by atoms with E-state index in [1.165, 1.54) is 17.0 Å². The van der Waals surface area contributed by atoms with E-state index in [0.29, 0.717) is 17.9 Å². The van der Waals surface area contributed by atoms with Gasteiger partial charge in [0.2, 0.25) is 5.91 Å². The molecule has 2 aromatic carbocycles. The van der Waals surface area contributed by atoms with Gasteiger partial charge in [-0.2, -0.15) is 4.37 Å². The van der Waals surface area contributed by atoms with E-state index < -0.39 is 17.9 Å². The zero-order valence-corrected chi connectivity index (χ0v) is 21.2. The van der Waals surface area contributed by atoms with E-state index in [2.05, 4.69) is 9.69 Å². The Morgan fingerprint density at radius 3 is 2.49 bits per heavy atom. The lowest BCUT2D eigenvalue weighted by Gasteiger charge is -2.32. The van der Waals surface area contributed by atoms with Crippen LogP contribution in [0.15, 0.2) is 48.5 Å². The maximum absolute atomic E-state index is 14.0. The molecule has 0 saturated heterocycles. The van der Waals surface area contributed by atoms with Crippen LogP contribution in [0.4, 0.5) is 11.4 Å². The van der Waals surface area contributed by atoms with E-state index in [4.69, 9.17) is 16.2 Å². The molecule has 11 heteroatoms. The van der Waals surface area contributed by atoms with Gasteiger partial charge in [0.05, 0.1) is 12.3 Å². The molecule has 37 heavy (non-hydrogen) atoms. The number of amides is 3. The molecule has 1 aromatic heterocycles. The van der Waals surface area contributed by atoms with Gasteiger partial charge in [0.15, 0.2) is 5.69 Å². The average molecular weight is 524 g/mol. The molecule has 10 nitrogen and oxygen atoms in total. The summed E-state index contributed by atoms with van der Waals surface area (Å²) in [6.07, 6.45) is 3.74. The second-order valence-corrected chi connectivity index (χ2v) is 9.50. The summed E-state index contributed by atoms with van der Waals surface area (Å²) in [7, 11) is 0. The fourth-order valence-electron chi connectivity index (χ4n) is 4.45. The lowest BCUT2D eigenvalue weighted by Crippen LogP contribution is -2.46. The number of rotatable bonds is 9. The normalized spacial score (nSPS) is 14.2. The maximum Gasteiger partial charge on any atom is 0.273 e. The summed E-state index contributed by atoms with van der Waals surface area (Å²) in [5.41, 5.74) is 11.9.